The number of methoxy groups -OCH3 is 1. The lowest BCUT2D eigenvalue weighted by molar-refractivity contribution is -0.141. The number of nitrogens with one attached hydrogen (secondary N) is 2. The van der Waals surface area contributed by atoms with E-state index in [1.165, 1.54) is 25.3 Å². The van der Waals surface area contributed by atoms with Gasteiger partial charge in [-0.15, -0.1) is 0 Å². The van der Waals surface area contributed by atoms with Crippen LogP contribution in [0.5, 0.6) is 5.75 Å². The summed E-state index contributed by atoms with van der Waals surface area (Å²) in [6.07, 6.45) is -4.27. The summed E-state index contributed by atoms with van der Waals surface area (Å²) in [6.45, 7) is 1.37. The van der Waals surface area contributed by atoms with Crippen molar-refractivity contribution in [3.05, 3.63) is 70.7 Å². The first-order valence-electron chi connectivity index (χ1n) is 11.7. The van der Waals surface area contributed by atoms with Crippen LogP contribution in [0.15, 0.2) is 52.9 Å². The van der Waals surface area contributed by atoms with Crippen molar-refractivity contribution in [2.24, 2.45) is 5.73 Å². The number of amides is 2. The third-order valence-electron chi connectivity index (χ3n) is 5.76. The molecule has 13 heteroatoms. The number of rotatable bonds is 8. The van der Waals surface area contributed by atoms with Gasteiger partial charge in [0.2, 0.25) is 11.8 Å². The summed E-state index contributed by atoms with van der Waals surface area (Å²) < 4.78 is 50.9. The Morgan fingerprint density at radius 1 is 1.13 bits per heavy atom. The van der Waals surface area contributed by atoms with Gasteiger partial charge in [-0.3, -0.25) is 9.59 Å². The minimum absolute atomic E-state index is 0.0559. The normalized spacial score (nSPS) is 12.3. The summed E-state index contributed by atoms with van der Waals surface area (Å²) >= 11 is 6.04. The van der Waals surface area contributed by atoms with Crippen molar-refractivity contribution >= 4 is 40.0 Å². The predicted octanol–water partition coefficient (Wildman–Crippen LogP) is 5.35. The molecule has 0 bridgehead atoms. The SMILES string of the molecule is CC[C@H](N)c1oc(-c2ccc(OC)c3nc(C(F)(F)F)ccc23)nc1C(=O)NCC(=O)Nc1ccccc1Cl. The van der Waals surface area contributed by atoms with Crippen LogP contribution in [0.2, 0.25) is 5.02 Å². The number of oxazole rings is 1. The van der Waals surface area contributed by atoms with Crippen LogP contribution in [0.25, 0.3) is 22.4 Å². The highest BCUT2D eigenvalue weighted by Crippen LogP contribution is 2.37. The molecule has 39 heavy (non-hydrogen) atoms. The molecule has 0 unspecified atom stereocenters. The number of carbonyl (C=O) groups is 2. The van der Waals surface area contributed by atoms with Gasteiger partial charge >= 0.3 is 6.18 Å². The quantitative estimate of drug-likeness (QED) is 0.264. The molecular formula is C26H23ClF3N5O4. The summed E-state index contributed by atoms with van der Waals surface area (Å²) in [4.78, 5) is 33.4. The van der Waals surface area contributed by atoms with E-state index in [1.54, 1.807) is 31.2 Å². The van der Waals surface area contributed by atoms with Gasteiger partial charge in [0.05, 0.1) is 30.4 Å². The van der Waals surface area contributed by atoms with Crippen LogP contribution < -0.4 is 21.1 Å². The van der Waals surface area contributed by atoms with E-state index >= 15 is 0 Å². The number of carbonyl (C=O) groups excluding carboxylic acids is 2. The Morgan fingerprint density at radius 3 is 2.54 bits per heavy atom. The first kappa shape index (κ1) is 27.9. The molecule has 2 aromatic carbocycles. The molecule has 4 aromatic rings. The van der Waals surface area contributed by atoms with E-state index < -0.39 is 36.3 Å². The molecule has 9 nitrogen and oxygen atoms in total. The maximum atomic E-state index is 13.3. The van der Waals surface area contributed by atoms with E-state index in [4.69, 9.17) is 26.5 Å². The Hall–Kier alpha value is -4.16. The number of hydrogen-bond acceptors (Lipinski definition) is 7. The molecule has 0 aliphatic carbocycles. The van der Waals surface area contributed by atoms with Gasteiger partial charge in [-0.1, -0.05) is 30.7 Å². The van der Waals surface area contributed by atoms with E-state index in [-0.39, 0.29) is 39.6 Å². The highest BCUT2D eigenvalue weighted by atomic mass is 35.5. The number of nitrogens with two attached hydrogens (primary N) is 1. The van der Waals surface area contributed by atoms with Gasteiger partial charge in [-0.05, 0) is 42.8 Å². The fourth-order valence-corrected chi connectivity index (χ4v) is 3.93. The van der Waals surface area contributed by atoms with E-state index in [0.717, 1.165) is 6.07 Å². The zero-order chi connectivity index (χ0) is 28.3. The molecule has 0 fully saturated rings. The van der Waals surface area contributed by atoms with Gasteiger partial charge < -0.3 is 25.5 Å². The molecule has 0 spiro atoms. The number of anilines is 1. The van der Waals surface area contributed by atoms with Crippen molar-refractivity contribution in [1.82, 2.24) is 15.3 Å². The van der Waals surface area contributed by atoms with Crippen molar-refractivity contribution in [2.75, 3.05) is 19.0 Å². The maximum absolute atomic E-state index is 13.3. The van der Waals surface area contributed by atoms with Crippen LogP contribution in [0.4, 0.5) is 18.9 Å². The fraction of sp³-hybridized carbons (Fsp3) is 0.231. The Labute approximate surface area is 225 Å². The Morgan fingerprint density at radius 2 is 1.87 bits per heavy atom. The Bertz CT molecular complexity index is 1540. The molecular weight excluding hydrogens is 539 g/mol. The van der Waals surface area contributed by atoms with Gasteiger partial charge in [0.15, 0.2) is 11.5 Å². The first-order chi connectivity index (χ1) is 18.5. The molecule has 2 heterocycles. The van der Waals surface area contributed by atoms with Crippen LogP contribution >= 0.6 is 11.6 Å². The van der Waals surface area contributed by atoms with E-state index in [1.807, 2.05) is 0 Å². The van der Waals surface area contributed by atoms with Crippen LogP contribution in [-0.2, 0) is 11.0 Å². The largest absolute Gasteiger partial charge is 0.494 e. The van der Waals surface area contributed by atoms with Crippen molar-refractivity contribution in [1.29, 1.82) is 0 Å². The monoisotopic (exact) mass is 561 g/mol. The average Bonchev–Trinajstić information content (AvgIpc) is 3.36. The molecule has 2 aromatic heterocycles. The summed E-state index contributed by atoms with van der Waals surface area (Å²) in [6, 6.07) is 10.9. The van der Waals surface area contributed by atoms with Gasteiger partial charge in [0, 0.05) is 10.9 Å². The van der Waals surface area contributed by atoms with Crippen molar-refractivity contribution < 1.29 is 31.9 Å². The number of ether oxygens (including phenoxy) is 1. The molecule has 0 aliphatic heterocycles. The second-order valence-corrected chi connectivity index (χ2v) is 8.77. The predicted molar refractivity (Wildman–Crippen MR) is 138 cm³/mol. The zero-order valence-electron chi connectivity index (χ0n) is 20.7. The Kier molecular flexibility index (Phi) is 8.07. The molecule has 2 amide bonds. The number of pyridine rings is 1. The third-order valence-corrected chi connectivity index (χ3v) is 6.09. The van der Waals surface area contributed by atoms with E-state index in [0.29, 0.717) is 17.1 Å². The summed E-state index contributed by atoms with van der Waals surface area (Å²) in [5.41, 5.74) is 5.49. The molecule has 0 radical (unpaired) electrons. The van der Waals surface area contributed by atoms with Gasteiger partial charge in [-0.25, -0.2) is 9.97 Å². The smallest absolute Gasteiger partial charge is 0.433 e. The number of para-hydroxylation sites is 1. The molecule has 4 rings (SSSR count). The first-order valence-corrected chi connectivity index (χ1v) is 12.1. The maximum Gasteiger partial charge on any atom is 0.433 e. The number of alkyl halides is 3. The summed E-state index contributed by atoms with van der Waals surface area (Å²) in [5.74, 6) is -1.16. The lowest BCUT2D eigenvalue weighted by atomic mass is 10.1. The second-order valence-electron chi connectivity index (χ2n) is 8.36. The van der Waals surface area contributed by atoms with Gasteiger partial charge in [0.25, 0.3) is 5.91 Å². The third kappa shape index (κ3) is 5.96. The van der Waals surface area contributed by atoms with Gasteiger partial charge in [-0.2, -0.15) is 13.2 Å². The molecule has 1 atom stereocenters. The number of fused-ring (bicyclic) bond motifs is 1. The molecule has 0 saturated carbocycles. The lowest BCUT2D eigenvalue weighted by Gasteiger charge is -2.11. The van der Waals surface area contributed by atoms with Gasteiger partial charge in [0.1, 0.15) is 17.0 Å². The second kappa shape index (κ2) is 11.3. The molecule has 4 N–H and O–H groups in total. The van der Waals surface area contributed by atoms with E-state index in [9.17, 15) is 22.8 Å². The van der Waals surface area contributed by atoms with Crippen LogP contribution in [0.1, 0.15) is 41.3 Å². The highest BCUT2D eigenvalue weighted by molar-refractivity contribution is 6.33. The minimum atomic E-state index is -4.66. The standard InChI is InChI=1S/C26H23ClF3N5O4/c1-3-16(31)23-22(24(37)32-12-20(36)33-17-7-5-4-6-15(17)27)35-25(39-23)14-8-10-18(38-2)21-13(14)9-11-19(34-21)26(28,29)30/h4-11,16H,3,12,31H2,1-2H3,(H,32,37)(H,33,36)/t16-/m0/s1. The number of benzene rings is 2. The number of aromatic nitrogens is 2. The summed E-state index contributed by atoms with van der Waals surface area (Å²) in [7, 11) is 1.31. The van der Waals surface area contributed by atoms with Crippen molar-refractivity contribution in [3.63, 3.8) is 0 Å². The van der Waals surface area contributed by atoms with Crippen LogP contribution in [-0.4, -0.2) is 35.4 Å². The Balaban J connectivity index is 1.66. The van der Waals surface area contributed by atoms with Crippen LogP contribution in [0, 0.1) is 0 Å². The van der Waals surface area contributed by atoms with Crippen LogP contribution in [0.3, 0.4) is 0 Å². The fourth-order valence-electron chi connectivity index (χ4n) is 3.75. The minimum Gasteiger partial charge on any atom is -0.494 e. The van der Waals surface area contributed by atoms with Crippen molar-refractivity contribution in [3.8, 4) is 17.2 Å². The molecule has 0 saturated heterocycles. The number of nitrogens with zero attached hydrogens (tertiary/aromatic N) is 2. The highest BCUT2D eigenvalue weighted by Gasteiger charge is 2.33. The topological polar surface area (TPSA) is 132 Å². The van der Waals surface area contributed by atoms with E-state index in [2.05, 4.69) is 20.6 Å². The molecule has 0 aliphatic rings. The number of hydrogen-bond donors (Lipinski definition) is 3. The molecule has 204 valence electrons. The average molecular weight is 562 g/mol. The lowest BCUT2D eigenvalue weighted by Crippen LogP contribution is -2.34. The zero-order valence-corrected chi connectivity index (χ0v) is 21.5. The summed E-state index contributed by atoms with van der Waals surface area (Å²) in [5, 5.41) is 5.65. The number of halogens is 4. The van der Waals surface area contributed by atoms with Crippen molar-refractivity contribution in [2.45, 2.75) is 25.6 Å².